The number of rotatable bonds is 5. The minimum absolute atomic E-state index is 0.314. The van der Waals surface area contributed by atoms with Gasteiger partial charge in [0.15, 0.2) is 0 Å². The molecule has 0 fully saturated rings. The Morgan fingerprint density at radius 2 is 2.00 bits per heavy atom. The molecule has 0 aliphatic carbocycles. The third-order valence-corrected chi connectivity index (χ3v) is 4.05. The Hall–Kier alpha value is -1.88. The predicted octanol–water partition coefficient (Wildman–Crippen LogP) is 3.09. The lowest BCUT2D eigenvalue weighted by atomic mass is 10.2. The molecular weight excluding hydrogens is 263 g/mol. The molecule has 0 aliphatic heterocycles. The van der Waals surface area contributed by atoms with Gasteiger partial charge in [0.1, 0.15) is 11.9 Å². The van der Waals surface area contributed by atoms with Crippen molar-refractivity contribution in [2.45, 2.75) is 19.4 Å². The Labute approximate surface area is 115 Å². The molecule has 1 unspecified atom stereocenters. The van der Waals surface area contributed by atoms with Crippen LogP contribution in [0.3, 0.4) is 0 Å². The second-order valence-corrected chi connectivity index (χ2v) is 5.34. The number of nitrogens with two attached hydrogens (primary N) is 1. The number of aryl methyl sites for hydroxylation is 1. The minimum atomic E-state index is -0.587. The number of carbonyl (C=O) groups excluding carboxylic acids is 1. The molecule has 19 heavy (non-hydrogen) atoms. The predicted molar refractivity (Wildman–Crippen MR) is 75.7 cm³/mol. The Morgan fingerprint density at radius 3 is 2.53 bits per heavy atom. The fourth-order valence-electron chi connectivity index (χ4n) is 1.73. The maximum atomic E-state index is 12.8. The summed E-state index contributed by atoms with van der Waals surface area (Å²) in [6.07, 6.45) is 0.923. The van der Waals surface area contributed by atoms with E-state index in [4.69, 9.17) is 5.73 Å². The molecule has 3 nitrogen and oxygen atoms in total. The van der Waals surface area contributed by atoms with Gasteiger partial charge < -0.3 is 11.1 Å². The Bertz CT molecular complexity index is 565. The summed E-state index contributed by atoms with van der Waals surface area (Å²) in [7, 11) is 0. The molecule has 0 bridgehead atoms. The van der Waals surface area contributed by atoms with Crippen LogP contribution in [-0.2, 0) is 11.2 Å². The summed E-state index contributed by atoms with van der Waals surface area (Å²) in [5.41, 5.74) is 6.09. The molecule has 1 atom stereocenters. The quantitative estimate of drug-likeness (QED) is 0.883. The van der Waals surface area contributed by atoms with Gasteiger partial charge in [-0.3, -0.25) is 4.79 Å². The van der Waals surface area contributed by atoms with Crippen molar-refractivity contribution in [1.82, 2.24) is 0 Å². The van der Waals surface area contributed by atoms with E-state index < -0.39 is 11.9 Å². The number of carbonyl (C=O) groups is 1. The highest BCUT2D eigenvalue weighted by molar-refractivity contribution is 7.12. The number of nitrogens with one attached hydrogen (secondary N) is 1. The summed E-state index contributed by atoms with van der Waals surface area (Å²) in [6, 6.07) is 9.14. The van der Waals surface area contributed by atoms with Gasteiger partial charge in [-0.25, -0.2) is 4.39 Å². The second-order valence-electron chi connectivity index (χ2n) is 4.14. The van der Waals surface area contributed by atoms with Crippen molar-refractivity contribution in [1.29, 1.82) is 0 Å². The number of primary amides is 1. The van der Waals surface area contributed by atoms with E-state index >= 15 is 0 Å². The number of benzene rings is 1. The van der Waals surface area contributed by atoms with Gasteiger partial charge in [-0.05, 0) is 42.8 Å². The summed E-state index contributed by atoms with van der Waals surface area (Å²) >= 11 is 1.55. The first-order valence-electron chi connectivity index (χ1n) is 6.00. The molecule has 0 saturated carbocycles. The first kappa shape index (κ1) is 13.5. The van der Waals surface area contributed by atoms with Crippen LogP contribution in [0, 0.1) is 5.82 Å². The van der Waals surface area contributed by atoms with Gasteiger partial charge in [-0.2, -0.15) is 0 Å². The van der Waals surface area contributed by atoms with E-state index in [1.165, 1.54) is 17.0 Å². The second kappa shape index (κ2) is 5.84. The lowest BCUT2D eigenvalue weighted by molar-refractivity contribution is -0.118. The summed E-state index contributed by atoms with van der Waals surface area (Å²) in [5.74, 6) is -0.764. The van der Waals surface area contributed by atoms with E-state index in [0.717, 1.165) is 11.3 Å². The monoisotopic (exact) mass is 278 g/mol. The Balaban J connectivity index is 2.21. The molecule has 0 spiro atoms. The van der Waals surface area contributed by atoms with Crippen molar-refractivity contribution < 1.29 is 9.18 Å². The topological polar surface area (TPSA) is 55.1 Å². The highest BCUT2D eigenvalue weighted by Crippen LogP contribution is 2.26. The van der Waals surface area contributed by atoms with Crippen LogP contribution < -0.4 is 11.1 Å². The largest absolute Gasteiger partial charge is 0.369 e. The molecule has 0 radical (unpaired) electrons. The van der Waals surface area contributed by atoms with Crippen molar-refractivity contribution in [3.05, 3.63) is 52.0 Å². The summed E-state index contributed by atoms with van der Waals surface area (Å²) in [5, 5.41) is 3.03. The van der Waals surface area contributed by atoms with Gasteiger partial charge in [0.2, 0.25) is 5.91 Å². The molecule has 1 amide bonds. The molecule has 100 valence electrons. The van der Waals surface area contributed by atoms with Crippen LogP contribution in [0.15, 0.2) is 36.4 Å². The van der Waals surface area contributed by atoms with Crippen LogP contribution in [0.25, 0.3) is 0 Å². The molecule has 0 saturated heterocycles. The van der Waals surface area contributed by atoms with E-state index in [0.29, 0.717) is 5.69 Å². The first-order chi connectivity index (χ1) is 9.10. The van der Waals surface area contributed by atoms with Gasteiger partial charge in [0.05, 0.1) is 0 Å². The average Bonchev–Trinajstić information content (AvgIpc) is 2.86. The lowest BCUT2D eigenvalue weighted by Crippen LogP contribution is -2.26. The molecule has 0 aliphatic rings. The molecule has 2 rings (SSSR count). The lowest BCUT2D eigenvalue weighted by Gasteiger charge is -2.15. The van der Waals surface area contributed by atoms with E-state index in [9.17, 15) is 9.18 Å². The van der Waals surface area contributed by atoms with Gasteiger partial charge in [0, 0.05) is 15.4 Å². The molecule has 1 aromatic carbocycles. The third-order valence-electron chi connectivity index (χ3n) is 2.76. The van der Waals surface area contributed by atoms with Crippen LogP contribution in [0.1, 0.15) is 22.7 Å². The number of hydrogen-bond acceptors (Lipinski definition) is 3. The molecule has 2 aromatic rings. The number of anilines is 1. The maximum Gasteiger partial charge on any atom is 0.245 e. The van der Waals surface area contributed by atoms with Crippen molar-refractivity contribution >= 4 is 22.9 Å². The molecule has 1 aromatic heterocycles. The third kappa shape index (κ3) is 3.32. The number of halogens is 1. The summed E-state index contributed by atoms with van der Waals surface area (Å²) < 4.78 is 12.8. The van der Waals surface area contributed by atoms with Crippen molar-refractivity contribution in [3.8, 4) is 0 Å². The number of hydrogen-bond donors (Lipinski definition) is 2. The van der Waals surface area contributed by atoms with Crippen LogP contribution >= 0.6 is 11.3 Å². The van der Waals surface area contributed by atoms with Crippen LogP contribution in [-0.4, -0.2) is 5.91 Å². The summed E-state index contributed by atoms with van der Waals surface area (Å²) in [6.45, 7) is 2.06. The normalized spacial score (nSPS) is 12.1. The Kier molecular flexibility index (Phi) is 4.16. The fourth-order valence-corrected chi connectivity index (χ4v) is 2.75. The van der Waals surface area contributed by atoms with Crippen LogP contribution in [0.4, 0.5) is 10.1 Å². The highest BCUT2D eigenvalue weighted by Gasteiger charge is 2.19. The zero-order valence-corrected chi connectivity index (χ0v) is 11.3. The van der Waals surface area contributed by atoms with Gasteiger partial charge in [-0.1, -0.05) is 6.92 Å². The fraction of sp³-hybridized carbons (Fsp3) is 0.214. The standard InChI is InChI=1S/C14H15FN2OS/c1-2-11-7-8-12(19-11)13(14(16)18)17-10-5-3-9(15)4-6-10/h3-8,13,17H,2H2,1H3,(H2,16,18). The molecule has 1 heterocycles. The number of amides is 1. The van der Waals surface area contributed by atoms with Crippen LogP contribution in [0.5, 0.6) is 0 Å². The average molecular weight is 278 g/mol. The van der Waals surface area contributed by atoms with Gasteiger partial charge in [0.25, 0.3) is 0 Å². The molecule has 5 heteroatoms. The van der Waals surface area contributed by atoms with Gasteiger partial charge in [-0.15, -0.1) is 11.3 Å². The number of thiophene rings is 1. The van der Waals surface area contributed by atoms with Crippen molar-refractivity contribution in [2.75, 3.05) is 5.32 Å². The van der Waals surface area contributed by atoms with Gasteiger partial charge >= 0.3 is 0 Å². The Morgan fingerprint density at radius 1 is 1.32 bits per heavy atom. The maximum absolute atomic E-state index is 12.8. The van der Waals surface area contributed by atoms with E-state index in [2.05, 4.69) is 12.2 Å². The smallest absolute Gasteiger partial charge is 0.245 e. The minimum Gasteiger partial charge on any atom is -0.369 e. The van der Waals surface area contributed by atoms with Crippen molar-refractivity contribution in [2.24, 2.45) is 5.73 Å². The van der Waals surface area contributed by atoms with E-state index in [-0.39, 0.29) is 5.82 Å². The summed E-state index contributed by atoms with van der Waals surface area (Å²) in [4.78, 5) is 13.6. The van der Waals surface area contributed by atoms with E-state index in [1.54, 1.807) is 23.5 Å². The highest BCUT2D eigenvalue weighted by atomic mass is 32.1. The zero-order chi connectivity index (χ0) is 13.8. The van der Waals surface area contributed by atoms with Crippen LogP contribution in [0.2, 0.25) is 0 Å². The zero-order valence-electron chi connectivity index (χ0n) is 10.5. The molecular formula is C14H15FN2OS. The van der Waals surface area contributed by atoms with Crippen molar-refractivity contribution in [3.63, 3.8) is 0 Å². The first-order valence-corrected chi connectivity index (χ1v) is 6.82. The molecule has 3 N–H and O–H groups in total. The van der Waals surface area contributed by atoms with E-state index in [1.807, 2.05) is 12.1 Å². The SMILES string of the molecule is CCc1ccc(C(Nc2ccc(F)cc2)C(N)=O)s1.